The zero-order chi connectivity index (χ0) is 14.5. The molecule has 0 fully saturated rings. The summed E-state index contributed by atoms with van der Waals surface area (Å²) in [4.78, 5) is 2.09. The number of rotatable bonds is 6. The van der Waals surface area contributed by atoms with Crippen LogP contribution in [0.2, 0.25) is 0 Å². The van der Waals surface area contributed by atoms with Crippen LogP contribution >= 0.6 is 15.9 Å². The molecule has 1 atom stereocenters. The molecule has 1 rings (SSSR count). The number of halogens is 1. The molecular weight excluding hydrogens is 306 g/mol. The van der Waals surface area contributed by atoms with Gasteiger partial charge in [0.1, 0.15) is 0 Å². The Kier molecular flexibility index (Phi) is 6.47. The van der Waals surface area contributed by atoms with Crippen LogP contribution in [-0.2, 0) is 11.3 Å². The van der Waals surface area contributed by atoms with Gasteiger partial charge in [0, 0.05) is 17.6 Å². The van der Waals surface area contributed by atoms with E-state index < -0.39 is 6.10 Å². The van der Waals surface area contributed by atoms with Gasteiger partial charge in [-0.05, 0) is 39.4 Å². The van der Waals surface area contributed by atoms with E-state index in [0.29, 0.717) is 13.2 Å². The summed E-state index contributed by atoms with van der Waals surface area (Å²) in [5.41, 5.74) is 1.01. The van der Waals surface area contributed by atoms with Gasteiger partial charge in [0.05, 0.1) is 18.3 Å². The Balaban J connectivity index is 2.39. The van der Waals surface area contributed by atoms with Crippen molar-refractivity contribution in [3.05, 3.63) is 34.3 Å². The van der Waals surface area contributed by atoms with Gasteiger partial charge in [-0.3, -0.25) is 4.90 Å². The van der Waals surface area contributed by atoms with Crippen molar-refractivity contribution >= 4 is 15.9 Å². The molecule has 1 N–H and O–H groups in total. The number of hydrogen-bond acceptors (Lipinski definition) is 3. The van der Waals surface area contributed by atoms with Crippen LogP contribution in [0.15, 0.2) is 28.7 Å². The van der Waals surface area contributed by atoms with Gasteiger partial charge in [0.15, 0.2) is 0 Å². The quantitative estimate of drug-likeness (QED) is 0.870. The van der Waals surface area contributed by atoms with Gasteiger partial charge in [0.2, 0.25) is 0 Å². The van der Waals surface area contributed by atoms with Gasteiger partial charge in [-0.2, -0.15) is 0 Å². The van der Waals surface area contributed by atoms with Crippen LogP contribution in [-0.4, -0.2) is 41.9 Å². The van der Waals surface area contributed by atoms with E-state index in [4.69, 9.17) is 4.74 Å². The summed E-state index contributed by atoms with van der Waals surface area (Å²) in [7, 11) is 2.00. The van der Waals surface area contributed by atoms with E-state index in [2.05, 4.69) is 26.9 Å². The molecule has 0 aliphatic heterocycles. The average Bonchev–Trinajstić information content (AvgIpc) is 2.29. The smallest absolute Gasteiger partial charge is 0.0900 e. The van der Waals surface area contributed by atoms with Gasteiger partial charge in [-0.15, -0.1) is 0 Å². The molecular formula is C15H24BrNO2. The lowest BCUT2D eigenvalue weighted by atomic mass is 10.2. The monoisotopic (exact) mass is 329 g/mol. The molecule has 0 saturated carbocycles. The molecule has 0 saturated heterocycles. The van der Waals surface area contributed by atoms with Gasteiger partial charge < -0.3 is 9.84 Å². The molecule has 1 aromatic rings. The van der Waals surface area contributed by atoms with Crippen LogP contribution < -0.4 is 0 Å². The standard InChI is InChI=1S/C15H24BrNO2/c1-15(2,3)19-11-13(18)10-17(4)9-12-7-5-6-8-14(12)16/h5-8,13,18H,9-11H2,1-4H3. The SMILES string of the molecule is CN(Cc1ccccc1Br)CC(O)COC(C)(C)C. The molecule has 0 aliphatic rings. The lowest BCUT2D eigenvalue weighted by molar-refractivity contribution is -0.0550. The Morgan fingerprint density at radius 2 is 1.95 bits per heavy atom. The highest BCUT2D eigenvalue weighted by Gasteiger charge is 2.15. The zero-order valence-electron chi connectivity index (χ0n) is 12.2. The van der Waals surface area contributed by atoms with Crippen LogP contribution in [0, 0.1) is 0 Å². The molecule has 1 unspecified atom stereocenters. The highest BCUT2D eigenvalue weighted by molar-refractivity contribution is 9.10. The number of benzene rings is 1. The van der Waals surface area contributed by atoms with E-state index in [1.807, 2.05) is 46.0 Å². The molecule has 3 nitrogen and oxygen atoms in total. The first-order valence-corrected chi connectivity index (χ1v) is 7.31. The maximum atomic E-state index is 9.95. The molecule has 0 spiro atoms. The number of aliphatic hydroxyl groups is 1. The Bertz CT molecular complexity index is 390. The first-order chi connectivity index (χ1) is 8.78. The molecule has 108 valence electrons. The first kappa shape index (κ1) is 16.6. The molecule has 19 heavy (non-hydrogen) atoms. The van der Waals surface area contributed by atoms with Crippen molar-refractivity contribution in [1.82, 2.24) is 4.90 Å². The Labute approximate surface area is 124 Å². The van der Waals surface area contributed by atoms with Gasteiger partial charge in [-0.25, -0.2) is 0 Å². The van der Waals surface area contributed by atoms with E-state index >= 15 is 0 Å². The van der Waals surface area contributed by atoms with E-state index in [9.17, 15) is 5.11 Å². The summed E-state index contributed by atoms with van der Waals surface area (Å²) >= 11 is 3.53. The predicted molar refractivity (Wildman–Crippen MR) is 82.2 cm³/mol. The normalized spacial score (nSPS) is 13.8. The topological polar surface area (TPSA) is 32.7 Å². The molecule has 0 radical (unpaired) electrons. The second kappa shape index (κ2) is 7.39. The molecule has 0 amide bonds. The maximum absolute atomic E-state index is 9.95. The highest BCUT2D eigenvalue weighted by Crippen LogP contribution is 2.17. The summed E-state index contributed by atoms with van der Waals surface area (Å²) in [5.74, 6) is 0. The summed E-state index contributed by atoms with van der Waals surface area (Å²) in [6.07, 6.45) is -0.466. The second-order valence-electron chi connectivity index (χ2n) is 5.87. The van der Waals surface area contributed by atoms with Crippen molar-refractivity contribution in [2.75, 3.05) is 20.2 Å². The van der Waals surface area contributed by atoms with Crippen LogP contribution in [0.4, 0.5) is 0 Å². The summed E-state index contributed by atoms with van der Waals surface area (Å²) in [6.45, 7) is 7.73. The fourth-order valence-electron chi connectivity index (χ4n) is 1.74. The van der Waals surface area contributed by atoms with Crippen LogP contribution in [0.25, 0.3) is 0 Å². The van der Waals surface area contributed by atoms with Crippen LogP contribution in [0.3, 0.4) is 0 Å². The van der Waals surface area contributed by atoms with Crippen molar-refractivity contribution in [3.63, 3.8) is 0 Å². The number of nitrogens with zero attached hydrogens (tertiary/aromatic N) is 1. The molecule has 0 aliphatic carbocycles. The van der Waals surface area contributed by atoms with E-state index in [-0.39, 0.29) is 5.60 Å². The van der Waals surface area contributed by atoms with E-state index in [1.54, 1.807) is 0 Å². The third-order valence-corrected chi connectivity index (χ3v) is 3.40. The molecule has 4 heteroatoms. The predicted octanol–water partition coefficient (Wildman–Crippen LogP) is 3.06. The number of likely N-dealkylation sites (N-methyl/N-ethyl adjacent to an activating group) is 1. The highest BCUT2D eigenvalue weighted by atomic mass is 79.9. The van der Waals surface area contributed by atoms with Crippen LogP contribution in [0.1, 0.15) is 26.3 Å². The maximum Gasteiger partial charge on any atom is 0.0900 e. The van der Waals surface area contributed by atoms with Crippen molar-refractivity contribution in [1.29, 1.82) is 0 Å². The van der Waals surface area contributed by atoms with E-state index in [0.717, 1.165) is 11.0 Å². The Hall–Kier alpha value is -0.420. The number of aliphatic hydroxyl groups excluding tert-OH is 1. The summed E-state index contributed by atoms with van der Waals surface area (Å²) < 4.78 is 6.68. The van der Waals surface area contributed by atoms with E-state index in [1.165, 1.54) is 5.56 Å². The third-order valence-electron chi connectivity index (χ3n) is 2.63. The minimum atomic E-state index is -0.466. The Morgan fingerprint density at radius 1 is 1.32 bits per heavy atom. The second-order valence-corrected chi connectivity index (χ2v) is 6.72. The lowest BCUT2D eigenvalue weighted by Crippen LogP contribution is -2.34. The van der Waals surface area contributed by atoms with Crippen LogP contribution in [0.5, 0.6) is 0 Å². The summed E-state index contributed by atoms with van der Waals surface area (Å²) in [6, 6.07) is 8.13. The largest absolute Gasteiger partial charge is 0.389 e. The molecule has 1 aromatic carbocycles. The van der Waals surface area contributed by atoms with Crippen molar-refractivity contribution in [2.24, 2.45) is 0 Å². The molecule has 0 heterocycles. The first-order valence-electron chi connectivity index (χ1n) is 6.52. The average molecular weight is 330 g/mol. The number of hydrogen-bond donors (Lipinski definition) is 1. The lowest BCUT2D eigenvalue weighted by Gasteiger charge is -2.25. The zero-order valence-corrected chi connectivity index (χ0v) is 13.8. The van der Waals surface area contributed by atoms with Gasteiger partial charge in [0.25, 0.3) is 0 Å². The number of ether oxygens (including phenoxy) is 1. The fourth-order valence-corrected chi connectivity index (χ4v) is 2.15. The molecule has 0 bridgehead atoms. The fraction of sp³-hybridized carbons (Fsp3) is 0.600. The minimum absolute atomic E-state index is 0.206. The third kappa shape index (κ3) is 7.06. The van der Waals surface area contributed by atoms with Gasteiger partial charge in [-0.1, -0.05) is 34.1 Å². The van der Waals surface area contributed by atoms with Crippen molar-refractivity contribution < 1.29 is 9.84 Å². The Morgan fingerprint density at radius 3 is 2.53 bits per heavy atom. The van der Waals surface area contributed by atoms with Crippen molar-refractivity contribution in [2.45, 2.75) is 39.0 Å². The minimum Gasteiger partial charge on any atom is -0.389 e. The van der Waals surface area contributed by atoms with Crippen molar-refractivity contribution in [3.8, 4) is 0 Å². The molecule has 0 aromatic heterocycles. The van der Waals surface area contributed by atoms with Gasteiger partial charge >= 0.3 is 0 Å². The summed E-state index contributed by atoms with van der Waals surface area (Å²) in [5, 5.41) is 9.95.